The van der Waals surface area contributed by atoms with Crippen LogP contribution in [-0.2, 0) is 9.59 Å². The van der Waals surface area contributed by atoms with Crippen molar-refractivity contribution in [1.82, 2.24) is 10.2 Å². The summed E-state index contributed by atoms with van der Waals surface area (Å²) < 4.78 is 0. The molecule has 1 aromatic rings. The molecular formula is C24H36N4O2. The average molecular weight is 413 g/mol. The molecule has 1 aliphatic rings. The fourth-order valence-corrected chi connectivity index (χ4v) is 4.07. The van der Waals surface area contributed by atoms with Crippen LogP contribution in [0.3, 0.4) is 0 Å². The van der Waals surface area contributed by atoms with Crippen LogP contribution in [0.1, 0.15) is 57.1 Å². The van der Waals surface area contributed by atoms with Crippen molar-refractivity contribution in [3.63, 3.8) is 0 Å². The van der Waals surface area contributed by atoms with Gasteiger partial charge in [-0.3, -0.25) is 14.5 Å². The summed E-state index contributed by atoms with van der Waals surface area (Å²) in [6.07, 6.45) is 4.09. The molecule has 6 nitrogen and oxygen atoms in total. The van der Waals surface area contributed by atoms with E-state index < -0.39 is 0 Å². The number of rotatable bonds is 9. The Hall–Kier alpha value is -2.39. The van der Waals surface area contributed by atoms with Crippen molar-refractivity contribution in [2.24, 2.45) is 5.92 Å². The standard InChI is InChI=1S/C24H36N4O2/c1-5-6-11-26-24(30)21-9-8-20(4)27(16-21)17-23(29)28(12-7-10-25)22-14-18(2)13-19(3)15-22/h13-15,20-21H,5-9,11-12,16-17H2,1-4H3,(H,26,30). The molecule has 164 valence electrons. The molecular weight excluding hydrogens is 376 g/mol. The smallest absolute Gasteiger partial charge is 0.241 e. The van der Waals surface area contributed by atoms with Gasteiger partial charge in [0, 0.05) is 31.4 Å². The molecule has 1 aliphatic heterocycles. The van der Waals surface area contributed by atoms with Crippen LogP contribution < -0.4 is 10.2 Å². The maximum atomic E-state index is 13.2. The van der Waals surface area contributed by atoms with Crippen LogP contribution in [0.15, 0.2) is 18.2 Å². The molecule has 0 bridgehead atoms. The third-order valence-corrected chi connectivity index (χ3v) is 5.82. The first kappa shape index (κ1) is 23.9. The Bertz CT molecular complexity index is 751. The lowest BCUT2D eigenvalue weighted by atomic mass is 9.92. The van der Waals surface area contributed by atoms with Crippen LogP contribution in [0, 0.1) is 31.1 Å². The fraction of sp³-hybridized carbons (Fsp3) is 0.625. The molecule has 1 saturated heterocycles. The summed E-state index contributed by atoms with van der Waals surface area (Å²) in [5, 5.41) is 12.1. The first-order valence-corrected chi connectivity index (χ1v) is 11.1. The van der Waals surface area contributed by atoms with Crippen molar-refractivity contribution >= 4 is 17.5 Å². The zero-order valence-corrected chi connectivity index (χ0v) is 18.9. The predicted octanol–water partition coefficient (Wildman–Crippen LogP) is 3.57. The summed E-state index contributed by atoms with van der Waals surface area (Å²) in [4.78, 5) is 29.6. The van der Waals surface area contributed by atoms with Crippen LogP contribution in [0.4, 0.5) is 5.69 Å². The van der Waals surface area contributed by atoms with Gasteiger partial charge >= 0.3 is 0 Å². The van der Waals surface area contributed by atoms with Gasteiger partial charge in [0.2, 0.25) is 11.8 Å². The summed E-state index contributed by atoms with van der Waals surface area (Å²) in [5.74, 6) is 0.0113. The highest BCUT2D eigenvalue weighted by Gasteiger charge is 2.32. The Morgan fingerprint density at radius 3 is 2.57 bits per heavy atom. The van der Waals surface area contributed by atoms with Gasteiger partial charge in [-0.1, -0.05) is 19.4 Å². The maximum absolute atomic E-state index is 13.2. The van der Waals surface area contributed by atoms with Gasteiger partial charge in [-0.25, -0.2) is 0 Å². The minimum absolute atomic E-state index is 0.0193. The number of nitriles is 1. The number of amides is 2. The number of benzene rings is 1. The molecule has 1 aromatic carbocycles. The van der Waals surface area contributed by atoms with Crippen molar-refractivity contribution in [3.8, 4) is 6.07 Å². The molecule has 0 radical (unpaired) electrons. The number of carbonyl (C=O) groups is 2. The normalized spacial score (nSPS) is 19.2. The number of piperidine rings is 1. The van der Waals surface area contributed by atoms with Crippen molar-refractivity contribution < 1.29 is 9.59 Å². The van der Waals surface area contributed by atoms with E-state index in [2.05, 4.69) is 36.2 Å². The van der Waals surface area contributed by atoms with Crippen molar-refractivity contribution in [2.75, 3.05) is 31.1 Å². The third kappa shape index (κ3) is 6.84. The Morgan fingerprint density at radius 2 is 1.93 bits per heavy atom. The van der Waals surface area contributed by atoms with E-state index in [1.54, 1.807) is 4.90 Å². The molecule has 1 fully saturated rings. The molecule has 0 aliphatic carbocycles. The van der Waals surface area contributed by atoms with Gasteiger partial charge in [-0.2, -0.15) is 5.26 Å². The van der Waals surface area contributed by atoms with Crippen molar-refractivity contribution in [2.45, 2.75) is 65.8 Å². The number of anilines is 1. The number of aryl methyl sites for hydroxylation is 2. The number of unbranched alkanes of at least 4 members (excludes halogenated alkanes) is 1. The predicted molar refractivity (Wildman–Crippen MR) is 120 cm³/mol. The lowest BCUT2D eigenvalue weighted by Crippen LogP contribution is -2.51. The van der Waals surface area contributed by atoms with Gasteiger partial charge in [0.25, 0.3) is 0 Å². The maximum Gasteiger partial charge on any atom is 0.241 e. The molecule has 2 amide bonds. The van der Waals surface area contributed by atoms with Crippen LogP contribution in [-0.4, -0.2) is 48.9 Å². The van der Waals surface area contributed by atoms with E-state index in [9.17, 15) is 9.59 Å². The number of carbonyl (C=O) groups excluding carboxylic acids is 2. The second kappa shape index (κ2) is 11.7. The highest BCUT2D eigenvalue weighted by Crippen LogP contribution is 2.24. The van der Waals surface area contributed by atoms with Crippen molar-refractivity contribution in [3.05, 3.63) is 29.3 Å². The van der Waals surface area contributed by atoms with E-state index in [4.69, 9.17) is 5.26 Å². The summed E-state index contributed by atoms with van der Waals surface area (Å²) in [6, 6.07) is 8.46. The quantitative estimate of drug-likeness (QED) is 0.629. The molecule has 0 aromatic heterocycles. The van der Waals surface area contributed by atoms with E-state index >= 15 is 0 Å². The summed E-state index contributed by atoms with van der Waals surface area (Å²) >= 11 is 0. The Balaban J connectivity index is 2.08. The Labute approximate surface area is 181 Å². The minimum Gasteiger partial charge on any atom is -0.356 e. The lowest BCUT2D eigenvalue weighted by Gasteiger charge is -2.38. The van der Waals surface area contributed by atoms with Crippen LogP contribution in [0.2, 0.25) is 0 Å². The fourth-order valence-electron chi connectivity index (χ4n) is 4.07. The van der Waals surface area contributed by atoms with Gasteiger partial charge < -0.3 is 10.2 Å². The molecule has 2 atom stereocenters. The van der Waals surface area contributed by atoms with E-state index in [-0.39, 0.29) is 36.7 Å². The van der Waals surface area contributed by atoms with E-state index in [1.165, 1.54) is 0 Å². The van der Waals surface area contributed by atoms with E-state index in [0.717, 1.165) is 49.0 Å². The van der Waals surface area contributed by atoms with E-state index in [1.807, 2.05) is 26.0 Å². The largest absolute Gasteiger partial charge is 0.356 e. The molecule has 1 heterocycles. The highest BCUT2D eigenvalue weighted by molar-refractivity contribution is 5.95. The molecule has 0 spiro atoms. The monoisotopic (exact) mass is 412 g/mol. The van der Waals surface area contributed by atoms with Crippen LogP contribution >= 0.6 is 0 Å². The van der Waals surface area contributed by atoms with Crippen molar-refractivity contribution in [1.29, 1.82) is 5.26 Å². The number of nitrogens with zero attached hydrogens (tertiary/aromatic N) is 3. The topological polar surface area (TPSA) is 76.4 Å². The molecule has 0 saturated carbocycles. The first-order chi connectivity index (χ1) is 14.3. The van der Waals surface area contributed by atoms with E-state index in [0.29, 0.717) is 13.1 Å². The highest BCUT2D eigenvalue weighted by atomic mass is 16.2. The van der Waals surface area contributed by atoms with Gasteiger partial charge in [0.15, 0.2) is 0 Å². The summed E-state index contributed by atoms with van der Waals surface area (Å²) in [5.41, 5.74) is 3.02. The molecule has 30 heavy (non-hydrogen) atoms. The Kier molecular flexibility index (Phi) is 9.32. The molecule has 1 N–H and O–H groups in total. The average Bonchev–Trinajstić information content (AvgIpc) is 2.69. The number of nitrogens with one attached hydrogen (secondary N) is 1. The van der Waals surface area contributed by atoms with Gasteiger partial charge in [-0.05, 0) is 63.3 Å². The Morgan fingerprint density at radius 1 is 1.23 bits per heavy atom. The zero-order chi connectivity index (χ0) is 22.1. The van der Waals surface area contributed by atoms with Gasteiger partial charge in [0.05, 0.1) is 25.0 Å². The minimum atomic E-state index is -0.0698. The third-order valence-electron chi connectivity index (χ3n) is 5.82. The first-order valence-electron chi connectivity index (χ1n) is 11.1. The van der Waals surface area contributed by atoms with Gasteiger partial charge in [0.1, 0.15) is 0 Å². The van der Waals surface area contributed by atoms with Crippen LogP contribution in [0.5, 0.6) is 0 Å². The second-order valence-electron chi connectivity index (χ2n) is 8.50. The second-order valence-corrected chi connectivity index (χ2v) is 8.50. The number of hydrogen-bond donors (Lipinski definition) is 1. The lowest BCUT2D eigenvalue weighted by molar-refractivity contribution is -0.129. The zero-order valence-electron chi connectivity index (χ0n) is 18.9. The molecule has 2 rings (SSSR count). The SMILES string of the molecule is CCCCNC(=O)C1CCC(C)N(CC(=O)N(CCC#N)c2cc(C)cc(C)c2)C1. The molecule has 6 heteroatoms. The van der Waals surface area contributed by atoms with Gasteiger partial charge in [-0.15, -0.1) is 0 Å². The molecule has 2 unspecified atom stereocenters. The van der Waals surface area contributed by atoms with Crippen LogP contribution in [0.25, 0.3) is 0 Å². The number of hydrogen-bond acceptors (Lipinski definition) is 4. The summed E-state index contributed by atoms with van der Waals surface area (Å²) in [6.45, 7) is 10.2. The number of likely N-dealkylation sites (tertiary alicyclic amines) is 1. The summed E-state index contributed by atoms with van der Waals surface area (Å²) in [7, 11) is 0.